The quantitative estimate of drug-likeness (QED) is 0.811. The minimum atomic E-state index is -0.255. The Kier molecular flexibility index (Phi) is 4.91. The summed E-state index contributed by atoms with van der Waals surface area (Å²) in [6.07, 6.45) is 1.03. The van der Waals surface area contributed by atoms with Gasteiger partial charge in [0.05, 0.1) is 17.9 Å². The predicted octanol–water partition coefficient (Wildman–Crippen LogP) is 4.90. The smallest absolute Gasteiger partial charge is 0.340 e. The maximum absolute atomic E-state index is 12.2. The zero-order valence-electron chi connectivity index (χ0n) is 13.4. The van der Waals surface area contributed by atoms with Crippen molar-refractivity contribution in [3.05, 3.63) is 59.7 Å². The van der Waals surface area contributed by atoms with Crippen molar-refractivity contribution in [2.45, 2.75) is 36.5 Å². The van der Waals surface area contributed by atoms with Crippen molar-refractivity contribution in [1.82, 2.24) is 0 Å². The highest BCUT2D eigenvalue weighted by molar-refractivity contribution is 7.99. The Morgan fingerprint density at radius 2 is 2.00 bits per heavy atom. The van der Waals surface area contributed by atoms with Gasteiger partial charge in [-0.05, 0) is 44.0 Å². The minimum Gasteiger partial charge on any atom is -0.462 e. The molecule has 0 spiro atoms. The van der Waals surface area contributed by atoms with E-state index in [0.29, 0.717) is 23.5 Å². The number of thioether (sulfide) groups is 1. The standard InChI is InChI=1S/C19H21NO2S/c1-3-22-19(21)16-11-7-10-15-17(12-13(2)20-18(15)16)23-14-8-5-4-6-9-14/h4-11,13,17,20H,3,12H2,1-2H3. The molecule has 23 heavy (non-hydrogen) atoms. The van der Waals surface area contributed by atoms with Gasteiger partial charge in [-0.3, -0.25) is 0 Å². The van der Waals surface area contributed by atoms with Crippen LogP contribution in [-0.2, 0) is 4.74 Å². The van der Waals surface area contributed by atoms with Crippen molar-refractivity contribution in [3.63, 3.8) is 0 Å². The van der Waals surface area contributed by atoms with E-state index in [9.17, 15) is 4.79 Å². The number of hydrogen-bond donors (Lipinski definition) is 1. The fourth-order valence-corrected chi connectivity index (χ4v) is 4.26. The van der Waals surface area contributed by atoms with E-state index in [0.717, 1.165) is 12.1 Å². The van der Waals surface area contributed by atoms with Gasteiger partial charge in [0, 0.05) is 16.2 Å². The second-order valence-electron chi connectivity index (χ2n) is 5.69. The van der Waals surface area contributed by atoms with Gasteiger partial charge in [0.1, 0.15) is 0 Å². The van der Waals surface area contributed by atoms with Gasteiger partial charge in [0.2, 0.25) is 0 Å². The van der Waals surface area contributed by atoms with Crippen molar-refractivity contribution in [1.29, 1.82) is 0 Å². The lowest BCUT2D eigenvalue weighted by Crippen LogP contribution is -2.26. The van der Waals surface area contributed by atoms with Crippen LogP contribution in [0.4, 0.5) is 5.69 Å². The number of hydrogen-bond acceptors (Lipinski definition) is 4. The van der Waals surface area contributed by atoms with Crippen LogP contribution >= 0.6 is 11.8 Å². The molecule has 0 amide bonds. The van der Waals surface area contributed by atoms with Crippen LogP contribution in [-0.4, -0.2) is 18.6 Å². The summed E-state index contributed by atoms with van der Waals surface area (Å²) in [6, 6.07) is 16.6. The Morgan fingerprint density at radius 3 is 2.74 bits per heavy atom. The summed E-state index contributed by atoms with van der Waals surface area (Å²) in [5.74, 6) is -0.255. The van der Waals surface area contributed by atoms with Gasteiger partial charge in [-0.25, -0.2) is 4.79 Å². The third kappa shape index (κ3) is 3.53. The van der Waals surface area contributed by atoms with E-state index in [1.54, 1.807) is 0 Å². The van der Waals surface area contributed by atoms with Crippen molar-refractivity contribution >= 4 is 23.4 Å². The molecule has 1 aliphatic rings. The summed E-state index contributed by atoms with van der Waals surface area (Å²) in [6.45, 7) is 4.38. The number of esters is 1. The Hall–Kier alpha value is -1.94. The Bertz CT molecular complexity index is 687. The molecule has 2 aromatic carbocycles. The van der Waals surface area contributed by atoms with Crippen LogP contribution < -0.4 is 5.32 Å². The summed E-state index contributed by atoms with van der Waals surface area (Å²) in [7, 11) is 0. The highest BCUT2D eigenvalue weighted by Gasteiger charge is 2.28. The first-order chi connectivity index (χ1) is 11.2. The molecule has 0 saturated carbocycles. The number of nitrogens with one attached hydrogen (secondary N) is 1. The van der Waals surface area contributed by atoms with Gasteiger partial charge >= 0.3 is 5.97 Å². The average Bonchev–Trinajstić information content (AvgIpc) is 2.55. The summed E-state index contributed by atoms with van der Waals surface area (Å²) < 4.78 is 5.20. The summed E-state index contributed by atoms with van der Waals surface area (Å²) in [5.41, 5.74) is 2.75. The molecule has 0 aromatic heterocycles. The van der Waals surface area contributed by atoms with Crippen molar-refractivity contribution in [2.24, 2.45) is 0 Å². The summed E-state index contributed by atoms with van der Waals surface area (Å²) >= 11 is 1.85. The van der Waals surface area contributed by atoms with E-state index in [1.165, 1.54) is 10.5 Å². The topological polar surface area (TPSA) is 38.3 Å². The van der Waals surface area contributed by atoms with E-state index < -0.39 is 0 Å². The van der Waals surface area contributed by atoms with Gasteiger partial charge in [0.25, 0.3) is 0 Å². The van der Waals surface area contributed by atoms with E-state index in [-0.39, 0.29) is 5.97 Å². The molecular formula is C19H21NO2S. The fourth-order valence-electron chi connectivity index (χ4n) is 2.91. The molecule has 3 rings (SSSR count). The lowest BCUT2D eigenvalue weighted by molar-refractivity contribution is 0.0527. The first-order valence-electron chi connectivity index (χ1n) is 7.97. The first kappa shape index (κ1) is 15.9. The second-order valence-corrected chi connectivity index (χ2v) is 6.97. The number of carbonyl (C=O) groups is 1. The Morgan fingerprint density at radius 1 is 1.22 bits per heavy atom. The maximum Gasteiger partial charge on any atom is 0.340 e. The molecule has 0 bridgehead atoms. The van der Waals surface area contributed by atoms with Crippen molar-refractivity contribution in [3.8, 4) is 0 Å². The summed E-state index contributed by atoms with van der Waals surface area (Å²) in [4.78, 5) is 13.5. The first-order valence-corrected chi connectivity index (χ1v) is 8.85. The molecule has 1 heterocycles. The molecule has 4 heteroatoms. The highest BCUT2D eigenvalue weighted by atomic mass is 32.2. The van der Waals surface area contributed by atoms with Crippen LogP contribution in [0.2, 0.25) is 0 Å². The number of benzene rings is 2. The highest BCUT2D eigenvalue weighted by Crippen LogP contribution is 2.45. The lowest BCUT2D eigenvalue weighted by Gasteiger charge is -2.32. The molecule has 120 valence electrons. The van der Waals surface area contributed by atoms with Crippen molar-refractivity contribution < 1.29 is 9.53 Å². The van der Waals surface area contributed by atoms with Crippen LogP contribution in [0.25, 0.3) is 0 Å². The van der Waals surface area contributed by atoms with Gasteiger partial charge < -0.3 is 10.1 Å². The number of rotatable bonds is 4. The fraction of sp³-hybridized carbons (Fsp3) is 0.316. The summed E-state index contributed by atoms with van der Waals surface area (Å²) in [5, 5.41) is 3.80. The molecular weight excluding hydrogens is 306 g/mol. The molecule has 3 nitrogen and oxygen atoms in total. The SMILES string of the molecule is CCOC(=O)c1cccc2c1NC(C)CC2Sc1ccccc1. The van der Waals surface area contributed by atoms with Crippen LogP contribution in [0.5, 0.6) is 0 Å². The third-order valence-corrected chi connectivity index (χ3v) is 5.19. The van der Waals surface area contributed by atoms with Crippen molar-refractivity contribution in [2.75, 3.05) is 11.9 Å². The second kappa shape index (κ2) is 7.09. The van der Waals surface area contributed by atoms with Gasteiger partial charge in [0.15, 0.2) is 0 Å². The van der Waals surface area contributed by atoms with Crippen LogP contribution in [0.15, 0.2) is 53.4 Å². The molecule has 1 aliphatic heterocycles. The zero-order valence-corrected chi connectivity index (χ0v) is 14.2. The normalized spacial score (nSPS) is 19.6. The molecule has 1 N–H and O–H groups in total. The monoisotopic (exact) mass is 327 g/mol. The third-order valence-electron chi connectivity index (χ3n) is 3.92. The Balaban J connectivity index is 1.94. The minimum absolute atomic E-state index is 0.255. The average molecular weight is 327 g/mol. The van der Waals surface area contributed by atoms with E-state index in [1.807, 2.05) is 36.9 Å². The van der Waals surface area contributed by atoms with Crippen LogP contribution in [0, 0.1) is 0 Å². The predicted molar refractivity (Wildman–Crippen MR) is 95.1 cm³/mol. The number of carbonyl (C=O) groups excluding carboxylic acids is 1. The van der Waals surface area contributed by atoms with Crippen LogP contribution in [0.3, 0.4) is 0 Å². The van der Waals surface area contributed by atoms with Gasteiger partial charge in [-0.15, -0.1) is 11.8 Å². The van der Waals surface area contributed by atoms with Gasteiger partial charge in [-0.2, -0.15) is 0 Å². The maximum atomic E-state index is 12.2. The molecule has 2 aromatic rings. The van der Waals surface area contributed by atoms with E-state index in [2.05, 4.69) is 42.6 Å². The molecule has 2 unspecified atom stereocenters. The number of anilines is 1. The molecule has 0 saturated heterocycles. The number of fused-ring (bicyclic) bond motifs is 1. The molecule has 0 fully saturated rings. The molecule has 0 aliphatic carbocycles. The molecule has 0 radical (unpaired) electrons. The lowest BCUT2D eigenvalue weighted by atomic mass is 9.95. The van der Waals surface area contributed by atoms with Crippen LogP contribution in [0.1, 0.15) is 41.4 Å². The van der Waals surface area contributed by atoms with Gasteiger partial charge in [-0.1, -0.05) is 30.3 Å². The number of ether oxygens (including phenoxy) is 1. The number of para-hydroxylation sites is 1. The van der Waals surface area contributed by atoms with E-state index in [4.69, 9.17) is 4.74 Å². The molecule has 2 atom stereocenters. The van der Waals surface area contributed by atoms with E-state index >= 15 is 0 Å². The largest absolute Gasteiger partial charge is 0.462 e. The zero-order chi connectivity index (χ0) is 16.2. The Labute approximate surface area is 141 Å².